The van der Waals surface area contributed by atoms with Crippen LogP contribution in [-0.4, -0.2) is 24.9 Å². The summed E-state index contributed by atoms with van der Waals surface area (Å²) in [4.78, 5) is 43.7. The first-order chi connectivity index (χ1) is 13.5. The van der Waals surface area contributed by atoms with Crippen molar-refractivity contribution in [3.63, 3.8) is 0 Å². The van der Waals surface area contributed by atoms with Gasteiger partial charge in [0.15, 0.2) is 16.9 Å². The molecular formula is C19H17N5O4. The maximum Gasteiger partial charge on any atom is 0.329 e. The second-order valence-corrected chi connectivity index (χ2v) is 6.23. The van der Waals surface area contributed by atoms with E-state index in [9.17, 15) is 14.4 Å². The molecule has 0 aliphatic heterocycles. The summed E-state index contributed by atoms with van der Waals surface area (Å²) in [6.45, 7) is 0.198. The molecule has 0 amide bonds. The summed E-state index contributed by atoms with van der Waals surface area (Å²) < 4.78 is 8.01. The minimum atomic E-state index is -0.600. The highest BCUT2D eigenvalue weighted by Gasteiger charge is 2.20. The lowest BCUT2D eigenvalue weighted by Gasteiger charge is -2.09. The molecule has 9 nitrogen and oxygen atoms in total. The number of aromatic nitrogens is 4. The van der Waals surface area contributed by atoms with Crippen molar-refractivity contribution in [3.05, 3.63) is 80.9 Å². The molecule has 0 atom stereocenters. The Bertz CT molecular complexity index is 1250. The quantitative estimate of drug-likeness (QED) is 0.491. The third kappa shape index (κ3) is 3.13. The lowest BCUT2D eigenvalue weighted by Crippen LogP contribution is -2.29. The number of hydrogen-bond acceptors (Lipinski definition) is 6. The van der Waals surface area contributed by atoms with Crippen LogP contribution in [0.5, 0.6) is 0 Å². The molecule has 142 valence electrons. The van der Waals surface area contributed by atoms with Crippen LogP contribution in [0.25, 0.3) is 11.2 Å². The minimum Gasteiger partial charge on any atom is -0.467 e. The van der Waals surface area contributed by atoms with Gasteiger partial charge in [-0.05, 0) is 12.1 Å². The van der Waals surface area contributed by atoms with Crippen LogP contribution in [0.4, 0.5) is 5.95 Å². The van der Waals surface area contributed by atoms with Crippen molar-refractivity contribution in [2.45, 2.75) is 13.1 Å². The maximum absolute atomic E-state index is 12.7. The zero-order valence-electron chi connectivity index (χ0n) is 15.0. The van der Waals surface area contributed by atoms with Crippen LogP contribution in [-0.2, 0) is 20.1 Å². The fourth-order valence-electron chi connectivity index (χ4n) is 2.96. The number of carbonyl (C=O) groups excluding carboxylic acids is 1. The first-order valence-electron chi connectivity index (χ1n) is 8.58. The fraction of sp³-hybridized carbons (Fsp3) is 0.158. The molecule has 28 heavy (non-hydrogen) atoms. The lowest BCUT2D eigenvalue weighted by atomic mass is 10.1. The number of ketones is 1. The van der Waals surface area contributed by atoms with Crippen molar-refractivity contribution < 1.29 is 9.21 Å². The normalized spacial score (nSPS) is 11.0. The highest BCUT2D eigenvalue weighted by Crippen LogP contribution is 2.17. The monoisotopic (exact) mass is 379 g/mol. The van der Waals surface area contributed by atoms with Gasteiger partial charge in [0.1, 0.15) is 5.76 Å². The summed E-state index contributed by atoms with van der Waals surface area (Å²) in [5.41, 5.74) is -0.320. The first-order valence-corrected chi connectivity index (χ1v) is 8.58. The minimum absolute atomic E-state index is 0.109. The number of Topliss-reactive ketones (excluding diaryl/α,β-unsaturated/α-hetero) is 1. The molecular weight excluding hydrogens is 362 g/mol. The van der Waals surface area contributed by atoms with E-state index in [1.54, 1.807) is 42.7 Å². The van der Waals surface area contributed by atoms with E-state index in [1.165, 1.54) is 16.2 Å². The first kappa shape index (κ1) is 17.5. The van der Waals surface area contributed by atoms with E-state index in [4.69, 9.17) is 4.42 Å². The molecule has 0 saturated heterocycles. The molecule has 0 unspecified atom stereocenters. The van der Waals surface area contributed by atoms with Crippen molar-refractivity contribution in [2.75, 3.05) is 5.32 Å². The fourth-order valence-corrected chi connectivity index (χ4v) is 2.96. The van der Waals surface area contributed by atoms with Gasteiger partial charge in [0, 0.05) is 12.6 Å². The Morgan fingerprint density at radius 2 is 1.96 bits per heavy atom. The zero-order valence-corrected chi connectivity index (χ0v) is 15.0. The van der Waals surface area contributed by atoms with E-state index >= 15 is 0 Å². The van der Waals surface area contributed by atoms with Gasteiger partial charge in [-0.15, -0.1) is 0 Å². The predicted molar refractivity (Wildman–Crippen MR) is 102 cm³/mol. The highest BCUT2D eigenvalue weighted by atomic mass is 16.3. The number of fused-ring (bicyclic) bond motifs is 1. The molecule has 0 aliphatic rings. The van der Waals surface area contributed by atoms with Crippen molar-refractivity contribution >= 4 is 22.9 Å². The SMILES string of the molecule is Cn1c(=O)[nH]c(=O)c2c1nc(NCc1ccco1)n2CC(=O)c1ccccc1. The van der Waals surface area contributed by atoms with Gasteiger partial charge in [0.05, 0.1) is 19.4 Å². The summed E-state index contributed by atoms with van der Waals surface area (Å²) in [7, 11) is 1.51. The molecule has 0 saturated carbocycles. The van der Waals surface area contributed by atoms with Crippen LogP contribution in [0.2, 0.25) is 0 Å². The van der Waals surface area contributed by atoms with E-state index in [0.717, 1.165) is 0 Å². The second kappa shape index (κ2) is 7.03. The Labute approximate surface area is 158 Å². The zero-order chi connectivity index (χ0) is 19.7. The molecule has 0 fully saturated rings. The van der Waals surface area contributed by atoms with Gasteiger partial charge < -0.3 is 9.73 Å². The van der Waals surface area contributed by atoms with Crippen molar-refractivity contribution in [3.8, 4) is 0 Å². The largest absolute Gasteiger partial charge is 0.467 e. The number of aryl methyl sites for hydroxylation is 1. The molecule has 1 aromatic carbocycles. The predicted octanol–water partition coefficient (Wildman–Crippen LogP) is 1.51. The topological polar surface area (TPSA) is 115 Å². The van der Waals surface area contributed by atoms with E-state index in [2.05, 4.69) is 15.3 Å². The van der Waals surface area contributed by atoms with Crippen LogP contribution in [0, 0.1) is 0 Å². The Morgan fingerprint density at radius 3 is 2.68 bits per heavy atom. The van der Waals surface area contributed by atoms with Gasteiger partial charge in [-0.1, -0.05) is 30.3 Å². The van der Waals surface area contributed by atoms with Gasteiger partial charge >= 0.3 is 5.69 Å². The van der Waals surface area contributed by atoms with Crippen LogP contribution >= 0.6 is 0 Å². The van der Waals surface area contributed by atoms with E-state index < -0.39 is 11.2 Å². The van der Waals surface area contributed by atoms with Crippen LogP contribution < -0.4 is 16.6 Å². The summed E-state index contributed by atoms with van der Waals surface area (Å²) in [6, 6.07) is 12.3. The maximum atomic E-state index is 12.7. The molecule has 0 spiro atoms. The molecule has 0 radical (unpaired) electrons. The van der Waals surface area contributed by atoms with Crippen molar-refractivity contribution in [1.29, 1.82) is 0 Å². The molecule has 3 heterocycles. The van der Waals surface area contributed by atoms with Gasteiger partial charge in [0.2, 0.25) is 5.95 Å². The number of anilines is 1. The Morgan fingerprint density at radius 1 is 1.18 bits per heavy atom. The van der Waals surface area contributed by atoms with Crippen LogP contribution in [0.1, 0.15) is 16.1 Å². The Hall–Kier alpha value is -3.88. The molecule has 0 bridgehead atoms. The molecule has 3 aromatic heterocycles. The standard InChI is InChI=1S/C19H17N5O4/c1-23-16-15(17(26)22-19(23)27)24(11-14(25)12-6-3-2-4-7-12)18(21-16)20-10-13-8-5-9-28-13/h2-9H,10-11H2,1H3,(H,20,21)(H,22,26,27). The van der Waals surface area contributed by atoms with E-state index in [-0.39, 0.29) is 23.5 Å². The summed E-state index contributed by atoms with van der Waals surface area (Å²) in [5, 5.41) is 3.07. The number of carbonyl (C=O) groups is 1. The van der Waals surface area contributed by atoms with Crippen LogP contribution in [0.3, 0.4) is 0 Å². The molecule has 2 N–H and O–H groups in total. The summed E-state index contributed by atoms with van der Waals surface area (Å²) in [5.74, 6) is 0.771. The number of nitrogens with one attached hydrogen (secondary N) is 2. The highest BCUT2D eigenvalue weighted by molar-refractivity contribution is 5.96. The van der Waals surface area contributed by atoms with Gasteiger partial charge in [-0.2, -0.15) is 4.98 Å². The van der Waals surface area contributed by atoms with E-state index in [1.807, 2.05) is 6.07 Å². The Balaban J connectivity index is 1.80. The molecule has 4 aromatic rings. The summed E-state index contributed by atoms with van der Waals surface area (Å²) in [6.07, 6.45) is 1.55. The molecule has 4 rings (SSSR count). The number of aromatic amines is 1. The average Bonchev–Trinajstić information content (AvgIpc) is 3.33. The number of rotatable bonds is 6. The Kier molecular flexibility index (Phi) is 4.40. The molecule has 9 heteroatoms. The van der Waals surface area contributed by atoms with Crippen LogP contribution in [0.15, 0.2) is 62.7 Å². The third-order valence-electron chi connectivity index (χ3n) is 4.41. The van der Waals surface area contributed by atoms with Crippen molar-refractivity contribution in [2.24, 2.45) is 7.05 Å². The third-order valence-corrected chi connectivity index (χ3v) is 4.41. The number of nitrogens with zero attached hydrogens (tertiary/aromatic N) is 3. The number of imidazole rings is 1. The average molecular weight is 379 g/mol. The molecule has 0 aliphatic carbocycles. The van der Waals surface area contributed by atoms with Gasteiger partial charge in [0.25, 0.3) is 5.56 Å². The number of H-pyrrole nitrogens is 1. The number of furan rings is 1. The summed E-state index contributed by atoms with van der Waals surface area (Å²) >= 11 is 0. The lowest BCUT2D eigenvalue weighted by molar-refractivity contribution is 0.0974. The van der Waals surface area contributed by atoms with Gasteiger partial charge in [-0.3, -0.25) is 23.7 Å². The van der Waals surface area contributed by atoms with Crippen molar-refractivity contribution in [1.82, 2.24) is 19.1 Å². The smallest absolute Gasteiger partial charge is 0.329 e. The van der Waals surface area contributed by atoms with Gasteiger partial charge in [-0.25, -0.2) is 4.79 Å². The van der Waals surface area contributed by atoms with E-state index in [0.29, 0.717) is 23.8 Å². The number of hydrogen-bond donors (Lipinski definition) is 2. The second-order valence-electron chi connectivity index (χ2n) is 6.23. The number of benzene rings is 1.